The van der Waals surface area contributed by atoms with Crippen molar-refractivity contribution in [2.45, 2.75) is 26.2 Å². The third-order valence-electron chi connectivity index (χ3n) is 1.47. The van der Waals surface area contributed by atoms with Gasteiger partial charge in [0.15, 0.2) is 0 Å². The predicted molar refractivity (Wildman–Crippen MR) is 35.8 cm³/mol. The predicted octanol–water partition coefficient (Wildman–Crippen LogP) is 1.19. The van der Waals surface area contributed by atoms with Gasteiger partial charge >= 0.3 is 0 Å². The molecule has 0 saturated heterocycles. The Morgan fingerprint density at radius 3 is 2.78 bits per heavy atom. The molecule has 50 valence electrons. The molecule has 0 bridgehead atoms. The van der Waals surface area contributed by atoms with Crippen LogP contribution in [0.3, 0.4) is 0 Å². The third kappa shape index (κ3) is 1.31. The molecule has 1 amide bonds. The monoisotopic (exact) mass is 125 g/mol. The lowest BCUT2D eigenvalue weighted by atomic mass is 10.1. The topological polar surface area (TPSA) is 29.1 Å². The van der Waals surface area contributed by atoms with Crippen molar-refractivity contribution in [3.63, 3.8) is 0 Å². The molecule has 1 aliphatic heterocycles. The van der Waals surface area contributed by atoms with E-state index < -0.39 is 0 Å². The molecule has 0 unspecified atom stereocenters. The molecule has 9 heavy (non-hydrogen) atoms. The van der Waals surface area contributed by atoms with Crippen LogP contribution in [0.5, 0.6) is 0 Å². The standard InChI is InChI=1S/C7H11NO/c1-2-3-4-6-5-8-7(6)9/h5H,2-4H2,1H3,(H,8,9). The molecule has 2 nitrogen and oxygen atoms in total. The second kappa shape index (κ2) is 2.67. The largest absolute Gasteiger partial charge is 0.328 e. The summed E-state index contributed by atoms with van der Waals surface area (Å²) in [5, 5.41) is 2.57. The van der Waals surface area contributed by atoms with Crippen molar-refractivity contribution in [2.24, 2.45) is 0 Å². The summed E-state index contributed by atoms with van der Waals surface area (Å²) in [5.74, 6) is 0.114. The molecule has 0 aliphatic carbocycles. The maximum Gasteiger partial charge on any atom is 0.252 e. The molecule has 0 aromatic heterocycles. The zero-order valence-electron chi connectivity index (χ0n) is 5.61. The van der Waals surface area contributed by atoms with E-state index in [2.05, 4.69) is 12.2 Å². The summed E-state index contributed by atoms with van der Waals surface area (Å²) in [6.07, 6.45) is 5.02. The van der Waals surface area contributed by atoms with E-state index in [0.717, 1.165) is 24.8 Å². The summed E-state index contributed by atoms with van der Waals surface area (Å²) in [6.45, 7) is 2.12. The molecule has 0 fully saturated rings. The van der Waals surface area contributed by atoms with E-state index in [0.29, 0.717) is 0 Å². The lowest BCUT2D eigenvalue weighted by molar-refractivity contribution is -0.118. The Morgan fingerprint density at radius 2 is 2.44 bits per heavy atom. The highest BCUT2D eigenvalue weighted by Crippen LogP contribution is 2.11. The summed E-state index contributed by atoms with van der Waals surface area (Å²) in [5.41, 5.74) is 0.955. The van der Waals surface area contributed by atoms with Crippen molar-refractivity contribution in [1.29, 1.82) is 0 Å². The van der Waals surface area contributed by atoms with Crippen molar-refractivity contribution in [1.82, 2.24) is 5.32 Å². The first-order valence-corrected chi connectivity index (χ1v) is 3.34. The van der Waals surface area contributed by atoms with Gasteiger partial charge in [0.05, 0.1) is 0 Å². The fourth-order valence-corrected chi connectivity index (χ4v) is 0.786. The Kier molecular flexibility index (Phi) is 1.88. The van der Waals surface area contributed by atoms with Gasteiger partial charge in [0.2, 0.25) is 0 Å². The first-order chi connectivity index (χ1) is 4.34. The zero-order valence-corrected chi connectivity index (χ0v) is 5.61. The van der Waals surface area contributed by atoms with Crippen LogP contribution < -0.4 is 5.32 Å². The van der Waals surface area contributed by atoms with Gasteiger partial charge in [0.25, 0.3) is 5.91 Å². The van der Waals surface area contributed by atoms with Gasteiger partial charge in [-0.05, 0) is 12.8 Å². The number of rotatable bonds is 3. The van der Waals surface area contributed by atoms with Gasteiger partial charge in [-0.3, -0.25) is 4.79 Å². The van der Waals surface area contributed by atoms with Crippen molar-refractivity contribution in [3.05, 3.63) is 11.8 Å². The summed E-state index contributed by atoms with van der Waals surface area (Å²) < 4.78 is 0. The Hall–Kier alpha value is -0.790. The van der Waals surface area contributed by atoms with Crippen LogP contribution in [0.2, 0.25) is 0 Å². The van der Waals surface area contributed by atoms with Crippen LogP contribution in [-0.2, 0) is 4.79 Å². The molecule has 0 aromatic rings. The van der Waals surface area contributed by atoms with Gasteiger partial charge in [-0.25, -0.2) is 0 Å². The molecular formula is C7H11NO. The van der Waals surface area contributed by atoms with Crippen LogP contribution in [0.1, 0.15) is 26.2 Å². The molecule has 0 saturated carbocycles. The Bertz CT molecular complexity index is 149. The average molecular weight is 125 g/mol. The van der Waals surface area contributed by atoms with Gasteiger partial charge < -0.3 is 5.32 Å². The van der Waals surface area contributed by atoms with E-state index in [1.54, 1.807) is 6.20 Å². The molecule has 0 spiro atoms. The summed E-state index contributed by atoms with van der Waals surface area (Å²) in [4.78, 5) is 10.6. The zero-order chi connectivity index (χ0) is 6.69. The minimum absolute atomic E-state index is 0.114. The number of carbonyl (C=O) groups is 1. The van der Waals surface area contributed by atoms with Crippen LogP contribution in [0.4, 0.5) is 0 Å². The minimum Gasteiger partial charge on any atom is -0.328 e. The van der Waals surface area contributed by atoms with Crippen LogP contribution in [0.15, 0.2) is 11.8 Å². The van der Waals surface area contributed by atoms with Crippen LogP contribution >= 0.6 is 0 Å². The van der Waals surface area contributed by atoms with E-state index in [1.807, 2.05) is 0 Å². The van der Waals surface area contributed by atoms with Crippen molar-refractivity contribution in [2.75, 3.05) is 0 Å². The summed E-state index contributed by atoms with van der Waals surface area (Å²) in [7, 11) is 0. The maximum absolute atomic E-state index is 10.6. The van der Waals surface area contributed by atoms with Crippen LogP contribution in [-0.4, -0.2) is 5.91 Å². The quantitative estimate of drug-likeness (QED) is 0.603. The number of nitrogens with one attached hydrogen (secondary N) is 1. The molecule has 0 atom stereocenters. The number of hydrogen-bond acceptors (Lipinski definition) is 1. The average Bonchev–Trinajstić information content (AvgIpc) is 1.86. The number of amides is 1. The minimum atomic E-state index is 0.114. The highest BCUT2D eigenvalue weighted by Gasteiger charge is 2.14. The van der Waals surface area contributed by atoms with Crippen molar-refractivity contribution >= 4 is 5.91 Å². The highest BCUT2D eigenvalue weighted by molar-refractivity contribution is 5.99. The summed E-state index contributed by atoms with van der Waals surface area (Å²) >= 11 is 0. The Balaban J connectivity index is 2.21. The lowest BCUT2D eigenvalue weighted by Gasteiger charge is -2.13. The Labute approximate surface area is 54.9 Å². The van der Waals surface area contributed by atoms with Gasteiger partial charge in [0, 0.05) is 11.8 Å². The fourth-order valence-electron chi connectivity index (χ4n) is 0.786. The van der Waals surface area contributed by atoms with E-state index >= 15 is 0 Å². The second-order valence-corrected chi connectivity index (χ2v) is 2.25. The van der Waals surface area contributed by atoms with E-state index in [1.165, 1.54) is 0 Å². The van der Waals surface area contributed by atoms with Gasteiger partial charge in [-0.15, -0.1) is 0 Å². The molecule has 1 rings (SSSR count). The smallest absolute Gasteiger partial charge is 0.252 e. The number of carbonyl (C=O) groups excluding carboxylic acids is 1. The molecule has 0 aromatic carbocycles. The van der Waals surface area contributed by atoms with Crippen molar-refractivity contribution in [3.8, 4) is 0 Å². The van der Waals surface area contributed by atoms with E-state index in [9.17, 15) is 4.79 Å². The normalized spacial score (nSPS) is 16.1. The third-order valence-corrected chi connectivity index (χ3v) is 1.47. The second-order valence-electron chi connectivity index (χ2n) is 2.25. The first-order valence-electron chi connectivity index (χ1n) is 3.34. The van der Waals surface area contributed by atoms with Crippen molar-refractivity contribution < 1.29 is 4.79 Å². The highest BCUT2D eigenvalue weighted by atomic mass is 16.2. The van der Waals surface area contributed by atoms with Crippen LogP contribution in [0, 0.1) is 0 Å². The van der Waals surface area contributed by atoms with Crippen LogP contribution in [0.25, 0.3) is 0 Å². The number of unbranched alkanes of at least 4 members (excludes halogenated alkanes) is 1. The molecule has 0 radical (unpaired) electrons. The molecule has 1 N–H and O–H groups in total. The van der Waals surface area contributed by atoms with Gasteiger partial charge in [-0.1, -0.05) is 13.3 Å². The molecule has 1 aliphatic rings. The maximum atomic E-state index is 10.6. The summed E-state index contributed by atoms with van der Waals surface area (Å²) in [6, 6.07) is 0. The van der Waals surface area contributed by atoms with E-state index in [-0.39, 0.29) is 5.91 Å². The van der Waals surface area contributed by atoms with Gasteiger partial charge in [-0.2, -0.15) is 0 Å². The van der Waals surface area contributed by atoms with Gasteiger partial charge in [0.1, 0.15) is 0 Å². The molecule has 1 heterocycles. The molecular weight excluding hydrogens is 114 g/mol. The Morgan fingerprint density at radius 1 is 1.67 bits per heavy atom. The SMILES string of the molecule is CCCCC1=CNC1=O. The first kappa shape index (κ1) is 6.33. The van der Waals surface area contributed by atoms with E-state index in [4.69, 9.17) is 0 Å². The lowest BCUT2D eigenvalue weighted by Crippen LogP contribution is -2.29. The fraction of sp³-hybridized carbons (Fsp3) is 0.571. The number of hydrogen-bond donors (Lipinski definition) is 1. The molecule has 2 heteroatoms.